The molecule has 4 atom stereocenters. The number of alkyl halides is 3. The average Bonchev–Trinajstić information content (AvgIpc) is 3.52. The number of halogens is 4. The van der Waals surface area contributed by atoms with E-state index in [9.17, 15) is 37.9 Å². The SMILES string of the molecule is N#C[C@H](C[C@@H]1CCNC1=O)NC(=O)[C@H](CC1CC1)NC(=O)CC(O)(c1ccc(Cl)cc1)C(F)(F)F. The Morgan fingerprint density at radius 3 is 2.34 bits per heavy atom. The zero-order valence-electron chi connectivity index (χ0n) is 18.7. The van der Waals surface area contributed by atoms with Crippen LogP contribution in [-0.4, -0.2) is 47.6 Å². The molecule has 190 valence electrons. The van der Waals surface area contributed by atoms with Crippen molar-refractivity contribution in [2.24, 2.45) is 11.8 Å². The molecule has 0 spiro atoms. The molecule has 1 saturated carbocycles. The smallest absolute Gasteiger partial charge is 0.376 e. The van der Waals surface area contributed by atoms with E-state index in [4.69, 9.17) is 11.6 Å². The van der Waals surface area contributed by atoms with E-state index in [-0.39, 0.29) is 29.7 Å². The Bertz CT molecular complexity index is 994. The number of rotatable bonds is 10. The highest BCUT2D eigenvalue weighted by Gasteiger charge is 2.56. The minimum absolute atomic E-state index is 0.0859. The van der Waals surface area contributed by atoms with Gasteiger partial charge in [-0.3, -0.25) is 14.4 Å². The normalized spacial score (nSPS) is 21.3. The van der Waals surface area contributed by atoms with Crippen molar-refractivity contribution in [1.82, 2.24) is 16.0 Å². The fourth-order valence-electron chi connectivity index (χ4n) is 4.06. The number of carbonyl (C=O) groups is 3. The Hall–Kier alpha value is -2.84. The molecular formula is C23H26ClF3N4O4. The Balaban J connectivity index is 1.70. The van der Waals surface area contributed by atoms with Crippen LogP contribution < -0.4 is 16.0 Å². The van der Waals surface area contributed by atoms with E-state index >= 15 is 0 Å². The van der Waals surface area contributed by atoms with Crippen molar-refractivity contribution < 1.29 is 32.7 Å². The van der Waals surface area contributed by atoms with E-state index in [1.807, 2.05) is 6.07 Å². The van der Waals surface area contributed by atoms with Crippen molar-refractivity contribution in [2.45, 2.75) is 62.4 Å². The van der Waals surface area contributed by atoms with Crippen molar-refractivity contribution in [1.29, 1.82) is 5.26 Å². The summed E-state index contributed by atoms with van der Waals surface area (Å²) in [6.45, 7) is 0.478. The van der Waals surface area contributed by atoms with Crippen LogP contribution >= 0.6 is 11.6 Å². The molecule has 1 aliphatic carbocycles. The van der Waals surface area contributed by atoms with Gasteiger partial charge in [0.1, 0.15) is 12.1 Å². The minimum Gasteiger partial charge on any atom is -0.376 e. The number of amides is 3. The summed E-state index contributed by atoms with van der Waals surface area (Å²) in [6, 6.07) is 4.02. The summed E-state index contributed by atoms with van der Waals surface area (Å²) < 4.78 is 41.4. The molecule has 2 fully saturated rings. The molecule has 35 heavy (non-hydrogen) atoms. The van der Waals surface area contributed by atoms with Crippen LogP contribution in [0.3, 0.4) is 0 Å². The van der Waals surface area contributed by atoms with Gasteiger partial charge in [-0.2, -0.15) is 18.4 Å². The van der Waals surface area contributed by atoms with Crippen LogP contribution in [0.1, 0.15) is 44.1 Å². The first-order valence-electron chi connectivity index (χ1n) is 11.2. The number of hydrogen-bond donors (Lipinski definition) is 4. The van der Waals surface area contributed by atoms with Gasteiger partial charge >= 0.3 is 6.18 Å². The molecule has 1 aromatic rings. The van der Waals surface area contributed by atoms with Crippen LogP contribution in [0, 0.1) is 23.2 Å². The number of benzene rings is 1. The predicted molar refractivity (Wildman–Crippen MR) is 119 cm³/mol. The standard InChI is InChI=1S/C23H26ClF3N4O4/c24-16-5-3-15(4-6-16)22(35,23(25,26)27)11-19(32)31-18(9-13-1-2-13)21(34)30-17(12-28)10-14-7-8-29-20(14)33/h3-6,13-14,17-18,35H,1-2,7-11H2,(H,29,33)(H,30,34)(H,31,32)/t14-,17-,18-,22?/m0/s1. The maximum atomic E-state index is 13.8. The van der Waals surface area contributed by atoms with Crippen LogP contribution in [0.2, 0.25) is 5.02 Å². The van der Waals surface area contributed by atoms with Gasteiger partial charge in [-0.05, 0) is 42.9 Å². The summed E-state index contributed by atoms with van der Waals surface area (Å²) >= 11 is 5.72. The molecular weight excluding hydrogens is 489 g/mol. The molecule has 1 heterocycles. The molecule has 4 N–H and O–H groups in total. The second-order valence-corrected chi connectivity index (χ2v) is 9.48. The Morgan fingerprint density at radius 2 is 1.83 bits per heavy atom. The highest BCUT2D eigenvalue weighted by molar-refractivity contribution is 6.30. The molecule has 0 radical (unpaired) electrons. The average molecular weight is 515 g/mol. The fraction of sp³-hybridized carbons (Fsp3) is 0.565. The second-order valence-electron chi connectivity index (χ2n) is 9.04. The van der Waals surface area contributed by atoms with E-state index in [1.165, 1.54) is 12.1 Å². The van der Waals surface area contributed by atoms with E-state index in [0.717, 1.165) is 25.0 Å². The molecule has 1 aliphatic heterocycles. The molecule has 1 unspecified atom stereocenters. The van der Waals surface area contributed by atoms with E-state index in [0.29, 0.717) is 13.0 Å². The summed E-state index contributed by atoms with van der Waals surface area (Å²) in [5, 5.41) is 27.5. The molecule has 1 saturated heterocycles. The molecule has 0 bridgehead atoms. The highest BCUT2D eigenvalue weighted by atomic mass is 35.5. The summed E-state index contributed by atoms with van der Waals surface area (Å²) in [4.78, 5) is 37.3. The monoisotopic (exact) mass is 514 g/mol. The first kappa shape index (κ1) is 26.8. The molecule has 0 aromatic heterocycles. The van der Waals surface area contributed by atoms with Gasteiger partial charge in [0.2, 0.25) is 17.7 Å². The zero-order valence-corrected chi connectivity index (χ0v) is 19.5. The summed E-state index contributed by atoms with van der Waals surface area (Å²) in [5.41, 5.74) is -4.06. The van der Waals surface area contributed by atoms with Crippen molar-refractivity contribution in [3.8, 4) is 6.07 Å². The summed E-state index contributed by atoms with van der Waals surface area (Å²) in [6.07, 6.45) is -4.14. The van der Waals surface area contributed by atoms with Crippen LogP contribution in [-0.2, 0) is 20.0 Å². The number of nitrogens with one attached hydrogen (secondary N) is 3. The topological polar surface area (TPSA) is 131 Å². The largest absolute Gasteiger partial charge is 0.421 e. The Labute approximate surface area is 205 Å². The molecule has 3 amide bonds. The van der Waals surface area contributed by atoms with Crippen LogP contribution in [0.15, 0.2) is 24.3 Å². The fourth-order valence-corrected chi connectivity index (χ4v) is 4.18. The number of hydrogen-bond acceptors (Lipinski definition) is 5. The van der Waals surface area contributed by atoms with Crippen LogP contribution in [0.4, 0.5) is 13.2 Å². The van der Waals surface area contributed by atoms with Crippen molar-refractivity contribution in [3.05, 3.63) is 34.9 Å². The lowest BCUT2D eigenvalue weighted by Gasteiger charge is -2.31. The van der Waals surface area contributed by atoms with Gasteiger partial charge in [-0.1, -0.05) is 36.6 Å². The molecule has 2 aliphatic rings. The van der Waals surface area contributed by atoms with Gasteiger partial charge in [0, 0.05) is 17.5 Å². The first-order chi connectivity index (χ1) is 16.4. The third-order valence-electron chi connectivity index (χ3n) is 6.28. The first-order valence-corrected chi connectivity index (χ1v) is 11.6. The number of nitriles is 1. The lowest BCUT2D eigenvalue weighted by molar-refractivity contribution is -0.267. The maximum absolute atomic E-state index is 13.8. The van der Waals surface area contributed by atoms with E-state index in [2.05, 4.69) is 16.0 Å². The quantitative estimate of drug-likeness (QED) is 0.380. The van der Waals surface area contributed by atoms with Gasteiger partial charge in [0.15, 0.2) is 5.60 Å². The number of carbonyl (C=O) groups excluding carboxylic acids is 3. The van der Waals surface area contributed by atoms with Gasteiger partial charge in [-0.15, -0.1) is 0 Å². The van der Waals surface area contributed by atoms with Crippen molar-refractivity contribution in [3.63, 3.8) is 0 Å². The summed E-state index contributed by atoms with van der Waals surface area (Å²) in [7, 11) is 0. The van der Waals surface area contributed by atoms with Crippen LogP contribution in [0.5, 0.6) is 0 Å². The van der Waals surface area contributed by atoms with Crippen molar-refractivity contribution >= 4 is 29.3 Å². The van der Waals surface area contributed by atoms with Gasteiger partial charge < -0.3 is 21.1 Å². The third kappa shape index (κ3) is 6.86. The van der Waals surface area contributed by atoms with Gasteiger partial charge in [0.25, 0.3) is 0 Å². The number of nitrogens with zero attached hydrogens (tertiary/aromatic N) is 1. The Morgan fingerprint density at radius 1 is 1.17 bits per heavy atom. The van der Waals surface area contributed by atoms with Gasteiger partial charge in [0.05, 0.1) is 12.5 Å². The van der Waals surface area contributed by atoms with Crippen LogP contribution in [0.25, 0.3) is 0 Å². The highest BCUT2D eigenvalue weighted by Crippen LogP contribution is 2.42. The molecule has 12 heteroatoms. The van der Waals surface area contributed by atoms with Crippen molar-refractivity contribution in [2.75, 3.05) is 6.54 Å². The second kappa shape index (κ2) is 10.8. The maximum Gasteiger partial charge on any atom is 0.421 e. The minimum atomic E-state index is -5.18. The lowest BCUT2D eigenvalue weighted by atomic mass is 9.89. The lowest BCUT2D eigenvalue weighted by Crippen LogP contribution is -2.52. The third-order valence-corrected chi connectivity index (χ3v) is 6.53. The number of aliphatic hydroxyl groups is 1. The summed E-state index contributed by atoms with van der Waals surface area (Å²) in [5.74, 6) is -2.43. The predicted octanol–water partition coefficient (Wildman–Crippen LogP) is 2.30. The van der Waals surface area contributed by atoms with Gasteiger partial charge in [-0.25, -0.2) is 0 Å². The molecule has 1 aromatic carbocycles. The van der Waals surface area contributed by atoms with E-state index in [1.54, 1.807) is 0 Å². The molecule has 3 rings (SSSR count). The zero-order chi connectivity index (χ0) is 25.8. The van der Waals surface area contributed by atoms with E-state index < -0.39 is 53.6 Å². The Kier molecular flexibility index (Phi) is 8.28. The molecule has 8 nitrogen and oxygen atoms in total.